The number of nitrogens with one attached hydrogen (secondary N) is 2. The molecule has 0 aliphatic heterocycles. The molecule has 6 heteroatoms. The molecule has 0 aliphatic rings. The van der Waals surface area contributed by atoms with Crippen molar-refractivity contribution in [3.05, 3.63) is 47.7 Å². The van der Waals surface area contributed by atoms with Crippen LogP contribution in [-0.2, 0) is 4.79 Å². The summed E-state index contributed by atoms with van der Waals surface area (Å²) in [6, 6.07) is 9.81. The maximum atomic E-state index is 12.4. The molecule has 1 aromatic carbocycles. The highest BCUT2D eigenvalue weighted by Crippen LogP contribution is 2.11. The van der Waals surface area contributed by atoms with Gasteiger partial charge >= 0.3 is 0 Å². The molecule has 2 N–H and O–H groups in total. The second-order valence-corrected chi connectivity index (χ2v) is 5.83. The number of carbonyl (C=O) groups excluding carboxylic acids is 2. The van der Waals surface area contributed by atoms with E-state index in [0.29, 0.717) is 23.6 Å². The van der Waals surface area contributed by atoms with Gasteiger partial charge in [-0.1, -0.05) is 37.2 Å². The summed E-state index contributed by atoms with van der Waals surface area (Å²) >= 11 is 0. The summed E-state index contributed by atoms with van der Waals surface area (Å²) in [4.78, 5) is 24.7. The maximum absolute atomic E-state index is 12.4. The summed E-state index contributed by atoms with van der Waals surface area (Å²) in [5.41, 5.74) is 0.520. The Bertz CT molecular complexity index is 665. The Morgan fingerprint density at radius 2 is 1.91 bits per heavy atom. The first-order valence-corrected chi connectivity index (χ1v) is 7.56. The van der Waals surface area contributed by atoms with E-state index in [0.717, 1.165) is 0 Å². The zero-order chi connectivity index (χ0) is 16.8. The molecule has 1 atom stereocenters. The second-order valence-electron chi connectivity index (χ2n) is 5.83. The Labute approximate surface area is 135 Å². The fraction of sp³-hybridized carbons (Fsp3) is 0.353. The molecular formula is C17H21N3O3. The highest BCUT2D eigenvalue weighted by atomic mass is 16.5. The van der Waals surface area contributed by atoms with Gasteiger partial charge in [0.05, 0.1) is 0 Å². The predicted molar refractivity (Wildman–Crippen MR) is 87.0 cm³/mol. The number of benzene rings is 1. The molecule has 6 nitrogen and oxygen atoms in total. The van der Waals surface area contributed by atoms with E-state index >= 15 is 0 Å². The van der Waals surface area contributed by atoms with Crippen molar-refractivity contribution in [3.8, 4) is 0 Å². The van der Waals surface area contributed by atoms with E-state index in [9.17, 15) is 9.59 Å². The molecule has 0 bridgehead atoms. The Morgan fingerprint density at radius 1 is 1.22 bits per heavy atom. The minimum absolute atomic E-state index is 0.251. The molecule has 0 saturated carbocycles. The molecule has 23 heavy (non-hydrogen) atoms. The van der Waals surface area contributed by atoms with E-state index in [-0.39, 0.29) is 17.7 Å². The number of nitrogens with zero attached hydrogens (tertiary/aromatic N) is 1. The van der Waals surface area contributed by atoms with E-state index in [4.69, 9.17) is 4.52 Å². The van der Waals surface area contributed by atoms with Gasteiger partial charge in [0, 0.05) is 11.6 Å². The molecule has 0 unspecified atom stereocenters. The van der Waals surface area contributed by atoms with Gasteiger partial charge in [0.15, 0.2) is 5.82 Å². The number of hydrogen-bond donors (Lipinski definition) is 2. The fourth-order valence-electron chi connectivity index (χ4n) is 2.17. The van der Waals surface area contributed by atoms with Crippen LogP contribution in [0.2, 0.25) is 0 Å². The van der Waals surface area contributed by atoms with Crippen LogP contribution >= 0.6 is 0 Å². The molecule has 0 aliphatic carbocycles. The first-order chi connectivity index (χ1) is 11.0. The highest BCUT2D eigenvalue weighted by Gasteiger charge is 2.23. The minimum Gasteiger partial charge on any atom is -0.360 e. The van der Waals surface area contributed by atoms with Gasteiger partial charge in [-0.05, 0) is 31.4 Å². The van der Waals surface area contributed by atoms with Crippen LogP contribution in [0.4, 0.5) is 5.82 Å². The van der Waals surface area contributed by atoms with Gasteiger partial charge < -0.3 is 15.2 Å². The van der Waals surface area contributed by atoms with Crippen LogP contribution in [0.5, 0.6) is 0 Å². The third kappa shape index (κ3) is 4.95. The Hall–Kier alpha value is -2.63. The van der Waals surface area contributed by atoms with Crippen LogP contribution in [0.3, 0.4) is 0 Å². The summed E-state index contributed by atoms with van der Waals surface area (Å²) in [6.45, 7) is 5.73. The topological polar surface area (TPSA) is 84.2 Å². The normalized spacial score (nSPS) is 12.0. The van der Waals surface area contributed by atoms with Crippen LogP contribution < -0.4 is 10.6 Å². The maximum Gasteiger partial charge on any atom is 0.251 e. The van der Waals surface area contributed by atoms with Gasteiger partial charge in [-0.3, -0.25) is 9.59 Å². The number of anilines is 1. The van der Waals surface area contributed by atoms with E-state index < -0.39 is 6.04 Å². The molecule has 2 amide bonds. The van der Waals surface area contributed by atoms with Crippen LogP contribution in [0, 0.1) is 12.8 Å². The van der Waals surface area contributed by atoms with E-state index in [1.807, 2.05) is 19.9 Å². The van der Waals surface area contributed by atoms with Crippen LogP contribution in [0.25, 0.3) is 0 Å². The van der Waals surface area contributed by atoms with E-state index in [2.05, 4.69) is 15.8 Å². The molecule has 1 heterocycles. The lowest BCUT2D eigenvalue weighted by molar-refractivity contribution is -0.118. The van der Waals surface area contributed by atoms with Crippen molar-refractivity contribution >= 4 is 17.6 Å². The molecule has 0 radical (unpaired) electrons. The predicted octanol–water partition coefficient (Wildman–Crippen LogP) is 2.77. The lowest BCUT2D eigenvalue weighted by atomic mass is 10.0. The van der Waals surface area contributed by atoms with Gasteiger partial charge in [0.25, 0.3) is 5.91 Å². The van der Waals surface area contributed by atoms with Crippen molar-refractivity contribution in [2.75, 3.05) is 5.32 Å². The Morgan fingerprint density at radius 3 is 2.48 bits per heavy atom. The zero-order valence-corrected chi connectivity index (χ0v) is 13.5. The molecule has 2 aromatic rings. The third-order valence-corrected chi connectivity index (χ3v) is 3.24. The number of carbonyl (C=O) groups is 2. The second kappa shape index (κ2) is 7.58. The lowest BCUT2D eigenvalue weighted by Crippen LogP contribution is -2.44. The summed E-state index contributed by atoms with van der Waals surface area (Å²) in [5, 5.41) is 9.18. The highest BCUT2D eigenvalue weighted by molar-refractivity contribution is 6.00. The van der Waals surface area contributed by atoms with Crippen molar-refractivity contribution in [1.29, 1.82) is 0 Å². The van der Waals surface area contributed by atoms with Gasteiger partial charge in [0.2, 0.25) is 5.91 Å². The number of hydrogen-bond acceptors (Lipinski definition) is 4. The molecule has 0 saturated heterocycles. The van der Waals surface area contributed by atoms with Crippen LogP contribution in [0.15, 0.2) is 40.9 Å². The first kappa shape index (κ1) is 16.7. The van der Waals surface area contributed by atoms with Crippen molar-refractivity contribution in [2.45, 2.75) is 33.2 Å². The number of rotatable bonds is 6. The molecule has 1 aromatic heterocycles. The molecule has 0 fully saturated rings. The Balaban J connectivity index is 2.06. The smallest absolute Gasteiger partial charge is 0.251 e. The first-order valence-electron chi connectivity index (χ1n) is 7.56. The minimum atomic E-state index is -0.639. The van der Waals surface area contributed by atoms with Gasteiger partial charge in [0.1, 0.15) is 11.8 Å². The summed E-state index contributed by atoms with van der Waals surface area (Å²) in [6.07, 6.45) is 0.529. The number of amides is 2. The molecule has 0 spiro atoms. The quantitative estimate of drug-likeness (QED) is 0.858. The number of aromatic nitrogens is 1. The average molecular weight is 315 g/mol. The van der Waals surface area contributed by atoms with Crippen LogP contribution in [-0.4, -0.2) is 23.0 Å². The van der Waals surface area contributed by atoms with Gasteiger partial charge in [-0.2, -0.15) is 0 Å². The standard InChI is InChI=1S/C17H21N3O3/c1-11(2)9-14(17(22)19-15-10-12(3)23-20-15)18-16(21)13-7-5-4-6-8-13/h4-8,10-11,14H,9H2,1-3H3,(H,18,21)(H,19,20,22)/t14-/m0/s1. The van der Waals surface area contributed by atoms with Crippen molar-refractivity contribution in [3.63, 3.8) is 0 Å². The molecule has 2 rings (SSSR count). The summed E-state index contributed by atoms with van der Waals surface area (Å²) in [5.74, 6) is 0.615. The zero-order valence-electron chi connectivity index (χ0n) is 13.5. The van der Waals surface area contributed by atoms with E-state index in [1.165, 1.54) is 0 Å². The van der Waals surface area contributed by atoms with Gasteiger partial charge in [-0.15, -0.1) is 0 Å². The summed E-state index contributed by atoms with van der Waals surface area (Å²) in [7, 11) is 0. The van der Waals surface area contributed by atoms with Crippen molar-refractivity contribution < 1.29 is 14.1 Å². The number of aryl methyl sites for hydroxylation is 1. The molecule has 122 valence electrons. The summed E-state index contributed by atoms with van der Waals surface area (Å²) < 4.78 is 4.92. The average Bonchev–Trinajstić information content (AvgIpc) is 2.92. The van der Waals surface area contributed by atoms with E-state index in [1.54, 1.807) is 37.3 Å². The van der Waals surface area contributed by atoms with Crippen molar-refractivity contribution in [2.24, 2.45) is 5.92 Å². The van der Waals surface area contributed by atoms with Crippen LogP contribution in [0.1, 0.15) is 36.4 Å². The van der Waals surface area contributed by atoms with Gasteiger partial charge in [-0.25, -0.2) is 0 Å². The fourth-order valence-corrected chi connectivity index (χ4v) is 2.17. The SMILES string of the molecule is Cc1cc(NC(=O)[C@H](CC(C)C)NC(=O)c2ccccc2)no1. The lowest BCUT2D eigenvalue weighted by Gasteiger charge is -2.19. The largest absolute Gasteiger partial charge is 0.360 e. The monoisotopic (exact) mass is 315 g/mol. The third-order valence-electron chi connectivity index (χ3n) is 3.24. The Kier molecular flexibility index (Phi) is 5.51. The molecular weight excluding hydrogens is 294 g/mol. The van der Waals surface area contributed by atoms with Crippen molar-refractivity contribution in [1.82, 2.24) is 10.5 Å².